The highest BCUT2D eigenvalue weighted by Gasteiger charge is 2.21. The van der Waals surface area contributed by atoms with Crippen LogP contribution in [0.25, 0.3) is 10.7 Å². The Bertz CT molecular complexity index is 1020. The highest BCUT2D eigenvalue weighted by Crippen LogP contribution is 2.30. The number of hydrogen-bond donors (Lipinski definition) is 0. The highest BCUT2D eigenvalue weighted by molar-refractivity contribution is 7.99. The first-order chi connectivity index (χ1) is 11.5. The third-order valence-corrected chi connectivity index (χ3v) is 6.45. The summed E-state index contributed by atoms with van der Waals surface area (Å²) < 4.78 is 24.9. The van der Waals surface area contributed by atoms with Crippen molar-refractivity contribution in [1.82, 2.24) is 14.9 Å². The fourth-order valence-corrected chi connectivity index (χ4v) is 4.49. The minimum Gasteiger partial charge on any atom is -0.224 e. The molecule has 3 aromatic rings. The predicted molar refractivity (Wildman–Crippen MR) is 95.5 cm³/mol. The van der Waals surface area contributed by atoms with E-state index in [2.05, 4.69) is 15.3 Å². The van der Waals surface area contributed by atoms with E-state index >= 15 is 0 Å². The van der Waals surface area contributed by atoms with Gasteiger partial charge >= 0.3 is 0 Å². The number of fused-ring (bicyclic) bond motifs is 1. The molecule has 9 heteroatoms. The van der Waals surface area contributed by atoms with E-state index in [1.807, 2.05) is 17.5 Å². The summed E-state index contributed by atoms with van der Waals surface area (Å²) in [4.78, 5) is 1.31. The molecule has 0 amide bonds. The van der Waals surface area contributed by atoms with Crippen LogP contribution >= 0.6 is 23.1 Å². The molecular weight excluding hydrogens is 364 g/mol. The maximum Gasteiger partial charge on any atom is 0.212 e. The lowest BCUT2D eigenvalue weighted by Crippen LogP contribution is -2.13. The van der Waals surface area contributed by atoms with Gasteiger partial charge in [0, 0.05) is 12.0 Å². The molecule has 2 aromatic heterocycles. The summed E-state index contributed by atoms with van der Waals surface area (Å²) in [7, 11) is -3.20. The molecule has 0 N–H and O–H groups in total. The van der Waals surface area contributed by atoms with Crippen LogP contribution in [0.15, 0.2) is 56.9 Å². The summed E-state index contributed by atoms with van der Waals surface area (Å²) in [5, 5.41) is 15.8. The molecule has 0 spiro atoms. The van der Waals surface area contributed by atoms with Gasteiger partial charge in [-0.05, 0) is 29.1 Å². The van der Waals surface area contributed by atoms with Gasteiger partial charge in [-0.15, -0.1) is 21.5 Å². The summed E-state index contributed by atoms with van der Waals surface area (Å²) in [6.45, 7) is 0. The lowest BCUT2D eigenvalue weighted by Gasteiger charge is -2.13. The van der Waals surface area contributed by atoms with Gasteiger partial charge in [0.1, 0.15) is 0 Å². The van der Waals surface area contributed by atoms with Crippen LogP contribution in [0.1, 0.15) is 5.56 Å². The van der Waals surface area contributed by atoms with Crippen molar-refractivity contribution in [3.8, 4) is 10.7 Å². The standard InChI is InChI=1S/C15H12N4O2S3/c1-24(20,21)11-6-4-10(5-7-11)12-9-23-15-17-16-14(19(15)18-12)13-3-2-8-22-13/h2-8H,9H2,1H3. The Hall–Kier alpha value is -1.97. The average Bonchev–Trinajstić information content (AvgIpc) is 3.22. The molecule has 1 aliphatic rings. The molecule has 0 radical (unpaired) electrons. The molecule has 0 bridgehead atoms. The van der Waals surface area contributed by atoms with Crippen LogP contribution in [0.5, 0.6) is 0 Å². The van der Waals surface area contributed by atoms with Crippen molar-refractivity contribution in [1.29, 1.82) is 0 Å². The van der Waals surface area contributed by atoms with Crippen molar-refractivity contribution < 1.29 is 8.42 Å². The molecule has 122 valence electrons. The molecule has 3 heterocycles. The van der Waals surface area contributed by atoms with Crippen LogP contribution in [-0.2, 0) is 9.84 Å². The third kappa shape index (κ3) is 2.79. The molecule has 6 nitrogen and oxygen atoms in total. The number of benzene rings is 1. The number of thiophene rings is 1. The summed E-state index contributed by atoms with van der Waals surface area (Å²) in [5.74, 6) is 1.39. The molecule has 0 saturated carbocycles. The quantitative estimate of drug-likeness (QED) is 0.702. The van der Waals surface area contributed by atoms with Crippen molar-refractivity contribution >= 4 is 38.6 Å². The highest BCUT2D eigenvalue weighted by atomic mass is 32.2. The van der Waals surface area contributed by atoms with Gasteiger partial charge in [-0.2, -0.15) is 9.78 Å². The van der Waals surface area contributed by atoms with E-state index in [1.54, 1.807) is 52.0 Å². The summed E-state index contributed by atoms with van der Waals surface area (Å²) >= 11 is 3.15. The zero-order valence-corrected chi connectivity index (χ0v) is 15.0. The van der Waals surface area contributed by atoms with E-state index in [-0.39, 0.29) is 0 Å². The van der Waals surface area contributed by atoms with Gasteiger partial charge in [0.15, 0.2) is 15.7 Å². The van der Waals surface area contributed by atoms with E-state index in [9.17, 15) is 8.42 Å². The summed E-state index contributed by atoms with van der Waals surface area (Å²) in [5.41, 5.74) is 1.76. The maximum absolute atomic E-state index is 11.6. The van der Waals surface area contributed by atoms with E-state index in [1.165, 1.54) is 6.26 Å². The minimum absolute atomic E-state index is 0.305. The zero-order valence-electron chi connectivity index (χ0n) is 12.6. The lowest BCUT2D eigenvalue weighted by molar-refractivity contribution is 0.602. The van der Waals surface area contributed by atoms with Gasteiger partial charge in [-0.25, -0.2) is 8.42 Å². The van der Waals surface area contributed by atoms with Gasteiger partial charge in [0.2, 0.25) is 5.16 Å². The Balaban J connectivity index is 1.74. The zero-order chi connectivity index (χ0) is 16.7. The van der Waals surface area contributed by atoms with Crippen molar-refractivity contribution in [3.63, 3.8) is 0 Å². The topological polar surface area (TPSA) is 77.2 Å². The SMILES string of the molecule is CS(=O)(=O)c1ccc(C2=Nn3c(nnc3-c3cccs3)SC2)cc1. The molecule has 4 rings (SSSR count). The van der Waals surface area contributed by atoms with Crippen molar-refractivity contribution in [2.24, 2.45) is 5.10 Å². The van der Waals surface area contributed by atoms with Crippen LogP contribution in [-0.4, -0.2) is 41.0 Å². The van der Waals surface area contributed by atoms with Crippen molar-refractivity contribution in [3.05, 3.63) is 47.3 Å². The van der Waals surface area contributed by atoms with Crippen LogP contribution in [0.4, 0.5) is 0 Å². The van der Waals surface area contributed by atoms with Crippen molar-refractivity contribution in [2.45, 2.75) is 10.1 Å². The van der Waals surface area contributed by atoms with Gasteiger partial charge in [-0.3, -0.25) is 0 Å². The lowest BCUT2D eigenvalue weighted by atomic mass is 10.1. The van der Waals surface area contributed by atoms with Crippen LogP contribution in [0, 0.1) is 0 Å². The molecule has 0 saturated heterocycles. The Morgan fingerprint density at radius 1 is 1.12 bits per heavy atom. The van der Waals surface area contributed by atoms with Gasteiger partial charge in [-0.1, -0.05) is 30.0 Å². The molecule has 24 heavy (non-hydrogen) atoms. The average molecular weight is 376 g/mol. The van der Waals surface area contributed by atoms with Crippen LogP contribution < -0.4 is 0 Å². The monoisotopic (exact) mass is 376 g/mol. The second-order valence-corrected chi connectivity index (χ2v) is 9.13. The fourth-order valence-electron chi connectivity index (χ4n) is 2.32. The molecule has 0 unspecified atom stereocenters. The van der Waals surface area contributed by atoms with E-state index in [4.69, 9.17) is 0 Å². The van der Waals surface area contributed by atoms with Gasteiger partial charge < -0.3 is 0 Å². The molecule has 1 aromatic carbocycles. The second kappa shape index (κ2) is 5.83. The molecule has 0 aliphatic carbocycles. The first-order valence-electron chi connectivity index (χ1n) is 7.03. The van der Waals surface area contributed by atoms with Crippen molar-refractivity contribution in [2.75, 3.05) is 12.0 Å². The Labute approximate surface area is 147 Å². The van der Waals surface area contributed by atoms with E-state index in [0.717, 1.165) is 27.1 Å². The van der Waals surface area contributed by atoms with Crippen LogP contribution in [0.2, 0.25) is 0 Å². The Kier molecular flexibility index (Phi) is 3.78. The Morgan fingerprint density at radius 3 is 2.58 bits per heavy atom. The first-order valence-corrected chi connectivity index (χ1v) is 10.8. The predicted octanol–water partition coefficient (Wildman–Crippen LogP) is 2.77. The van der Waals surface area contributed by atoms with E-state index < -0.39 is 9.84 Å². The first kappa shape index (κ1) is 15.6. The molecule has 1 aliphatic heterocycles. The van der Waals surface area contributed by atoms with Gasteiger partial charge in [0.25, 0.3) is 0 Å². The number of rotatable bonds is 3. The Morgan fingerprint density at radius 2 is 1.92 bits per heavy atom. The van der Waals surface area contributed by atoms with E-state index in [0.29, 0.717) is 10.6 Å². The molecule has 0 atom stereocenters. The smallest absolute Gasteiger partial charge is 0.212 e. The number of sulfone groups is 1. The maximum atomic E-state index is 11.6. The summed E-state index contributed by atoms with van der Waals surface area (Å²) in [6, 6.07) is 10.7. The normalized spacial score (nSPS) is 14.3. The largest absolute Gasteiger partial charge is 0.224 e. The molecule has 0 fully saturated rings. The van der Waals surface area contributed by atoms with Crippen LogP contribution in [0.3, 0.4) is 0 Å². The number of aromatic nitrogens is 3. The fraction of sp³-hybridized carbons (Fsp3) is 0.133. The summed E-state index contributed by atoms with van der Waals surface area (Å²) in [6.07, 6.45) is 1.20. The molecular formula is C15H12N4O2S3. The second-order valence-electron chi connectivity index (χ2n) is 5.23. The number of thioether (sulfide) groups is 1. The third-order valence-electron chi connectivity index (χ3n) is 3.53. The minimum atomic E-state index is -3.20. The number of nitrogens with zero attached hydrogens (tertiary/aromatic N) is 4. The van der Waals surface area contributed by atoms with Gasteiger partial charge in [0.05, 0.1) is 15.5 Å². The number of hydrogen-bond acceptors (Lipinski definition) is 7.